The van der Waals surface area contributed by atoms with Crippen LogP contribution in [0.1, 0.15) is 84.0 Å². The van der Waals surface area contributed by atoms with Gasteiger partial charge >= 0.3 is 11.9 Å². The van der Waals surface area contributed by atoms with Gasteiger partial charge in [0.25, 0.3) is 0 Å². The molecular formula is C21H39NO5S. The molecule has 0 aromatic heterocycles. The maximum absolute atomic E-state index is 10.8. The second-order valence-electron chi connectivity index (χ2n) is 7.31. The molecule has 0 spiro atoms. The second kappa shape index (κ2) is 18.0. The Morgan fingerprint density at radius 1 is 0.964 bits per heavy atom. The minimum absolute atomic E-state index is 0.124. The molecule has 28 heavy (non-hydrogen) atoms. The topological polar surface area (TPSA) is 121 Å². The van der Waals surface area contributed by atoms with E-state index in [1.807, 2.05) is 6.08 Å². The van der Waals surface area contributed by atoms with Gasteiger partial charge in [0.2, 0.25) is 0 Å². The number of hydrogen-bond donors (Lipinski definition) is 4. The maximum atomic E-state index is 10.8. The second-order valence-corrected chi connectivity index (χ2v) is 8.52. The zero-order valence-corrected chi connectivity index (χ0v) is 18.0. The molecule has 0 radical (unpaired) electrons. The summed E-state index contributed by atoms with van der Waals surface area (Å²) in [5.74, 6) is -2.06. The average molecular weight is 418 g/mol. The van der Waals surface area contributed by atoms with Crippen LogP contribution in [0.3, 0.4) is 0 Å². The Hall–Kier alpha value is -1.05. The Kier molecular flexibility index (Phi) is 17.3. The van der Waals surface area contributed by atoms with Gasteiger partial charge in [-0.05, 0) is 12.8 Å². The van der Waals surface area contributed by atoms with Gasteiger partial charge in [-0.3, -0.25) is 9.59 Å². The largest absolute Gasteiger partial charge is 0.481 e. The van der Waals surface area contributed by atoms with E-state index in [-0.39, 0.29) is 12.2 Å². The van der Waals surface area contributed by atoms with Crippen LogP contribution in [-0.2, 0) is 9.59 Å². The first-order chi connectivity index (χ1) is 13.4. The van der Waals surface area contributed by atoms with Gasteiger partial charge in [-0.15, -0.1) is 11.8 Å². The molecule has 0 saturated heterocycles. The Bertz CT molecular complexity index is 445. The number of carboxylic acid groups (broad SMARTS) is 2. The van der Waals surface area contributed by atoms with E-state index in [0.717, 1.165) is 12.8 Å². The first-order valence-corrected chi connectivity index (χ1v) is 11.6. The van der Waals surface area contributed by atoms with Crippen molar-refractivity contribution in [2.24, 2.45) is 5.73 Å². The molecule has 164 valence electrons. The van der Waals surface area contributed by atoms with Crippen LogP contribution in [0.4, 0.5) is 0 Å². The fourth-order valence-corrected chi connectivity index (χ4v) is 3.97. The number of aliphatic hydroxyl groups excluding tert-OH is 1. The minimum Gasteiger partial charge on any atom is -0.481 e. The van der Waals surface area contributed by atoms with E-state index in [9.17, 15) is 14.7 Å². The fraction of sp³-hybridized carbons (Fsp3) is 0.810. The maximum Gasteiger partial charge on any atom is 0.321 e. The normalized spacial score (nSPS) is 14.8. The number of allylic oxidation sites excluding steroid dienone is 1. The van der Waals surface area contributed by atoms with Crippen LogP contribution in [0, 0.1) is 0 Å². The van der Waals surface area contributed by atoms with Crippen molar-refractivity contribution in [1.82, 2.24) is 0 Å². The van der Waals surface area contributed by atoms with Crippen LogP contribution >= 0.6 is 11.8 Å². The molecule has 0 amide bonds. The predicted molar refractivity (Wildman–Crippen MR) is 116 cm³/mol. The quantitative estimate of drug-likeness (QED) is 0.183. The summed E-state index contributed by atoms with van der Waals surface area (Å²) in [5.41, 5.74) is 5.49. The van der Waals surface area contributed by atoms with Crippen molar-refractivity contribution in [2.75, 3.05) is 5.75 Å². The van der Waals surface area contributed by atoms with Gasteiger partial charge in [0.1, 0.15) is 6.04 Å². The van der Waals surface area contributed by atoms with Crippen molar-refractivity contribution in [2.45, 2.75) is 101 Å². The zero-order valence-electron chi connectivity index (χ0n) is 17.2. The Labute approximate surface area is 174 Å². The molecule has 0 bridgehead atoms. The van der Waals surface area contributed by atoms with Crippen molar-refractivity contribution >= 4 is 23.7 Å². The highest BCUT2D eigenvalue weighted by Gasteiger charge is 2.22. The Morgan fingerprint density at radius 2 is 1.50 bits per heavy atom. The fourth-order valence-electron chi connectivity index (χ4n) is 2.86. The van der Waals surface area contributed by atoms with Crippen LogP contribution in [-0.4, -0.2) is 50.4 Å². The van der Waals surface area contributed by atoms with Gasteiger partial charge in [-0.2, -0.15) is 0 Å². The van der Waals surface area contributed by atoms with Gasteiger partial charge in [0.15, 0.2) is 0 Å². The summed E-state index contributed by atoms with van der Waals surface area (Å²) in [7, 11) is 0. The van der Waals surface area contributed by atoms with E-state index in [2.05, 4.69) is 6.92 Å². The zero-order chi connectivity index (χ0) is 21.2. The number of carbonyl (C=O) groups is 2. The summed E-state index contributed by atoms with van der Waals surface area (Å²) >= 11 is 1.18. The molecule has 0 heterocycles. The molecular weight excluding hydrogens is 378 g/mol. The third kappa shape index (κ3) is 16.0. The molecule has 0 aromatic carbocycles. The lowest BCUT2D eigenvalue weighted by molar-refractivity contribution is -0.139. The van der Waals surface area contributed by atoms with Gasteiger partial charge < -0.3 is 21.1 Å². The lowest BCUT2D eigenvalue weighted by atomic mass is 10.1. The van der Waals surface area contributed by atoms with Crippen LogP contribution in [0.5, 0.6) is 0 Å². The van der Waals surface area contributed by atoms with Crippen molar-refractivity contribution < 1.29 is 24.9 Å². The number of thioether (sulfide) groups is 1. The Balaban J connectivity index is 4.04. The molecule has 7 heteroatoms. The molecule has 0 aliphatic rings. The third-order valence-corrected chi connectivity index (χ3v) is 6.01. The summed E-state index contributed by atoms with van der Waals surface area (Å²) in [4.78, 5) is 21.6. The summed E-state index contributed by atoms with van der Waals surface area (Å²) in [5, 5.41) is 27.3. The monoisotopic (exact) mass is 417 g/mol. The number of aliphatic hydroxyl groups is 1. The van der Waals surface area contributed by atoms with Gasteiger partial charge in [0, 0.05) is 11.0 Å². The lowest BCUT2D eigenvalue weighted by Gasteiger charge is -2.19. The molecule has 0 aliphatic heterocycles. The van der Waals surface area contributed by atoms with E-state index in [1.165, 1.54) is 69.5 Å². The summed E-state index contributed by atoms with van der Waals surface area (Å²) in [6.07, 6.45) is 15.9. The number of carboxylic acids is 2. The SMILES string of the molecule is CCCCCCCCCCCC/C=C\C(SCC(N)C(=O)O)C(O)CC(=O)O. The highest BCUT2D eigenvalue weighted by Crippen LogP contribution is 2.20. The number of aliphatic carboxylic acids is 2. The van der Waals surface area contributed by atoms with Crippen LogP contribution in [0.25, 0.3) is 0 Å². The summed E-state index contributed by atoms with van der Waals surface area (Å²) < 4.78 is 0. The van der Waals surface area contributed by atoms with E-state index >= 15 is 0 Å². The molecule has 6 nitrogen and oxygen atoms in total. The Morgan fingerprint density at radius 3 is 2.00 bits per heavy atom. The number of rotatable bonds is 19. The minimum atomic E-state index is -1.10. The molecule has 0 rings (SSSR count). The molecule has 3 atom stereocenters. The van der Waals surface area contributed by atoms with Crippen LogP contribution < -0.4 is 5.73 Å². The van der Waals surface area contributed by atoms with Gasteiger partial charge in [-0.25, -0.2) is 0 Å². The standard InChI is InChI=1S/C21H39NO5S/c1-2-3-4-5-6-7-8-9-10-11-12-13-14-19(18(23)15-20(24)25)28-16-17(22)21(26)27/h13-14,17-19,23H,2-12,15-16,22H2,1H3,(H,24,25)(H,26,27)/b14-13-. The molecule has 0 fully saturated rings. The molecule has 0 saturated carbocycles. The number of hydrogen-bond acceptors (Lipinski definition) is 5. The number of unbranched alkanes of at least 4 members (excludes halogenated alkanes) is 10. The van der Waals surface area contributed by atoms with Crippen molar-refractivity contribution in [3.63, 3.8) is 0 Å². The van der Waals surface area contributed by atoms with Crippen molar-refractivity contribution in [3.05, 3.63) is 12.2 Å². The molecule has 0 aliphatic carbocycles. The van der Waals surface area contributed by atoms with E-state index < -0.39 is 29.3 Å². The molecule has 3 unspecified atom stereocenters. The van der Waals surface area contributed by atoms with Crippen molar-refractivity contribution in [1.29, 1.82) is 0 Å². The first kappa shape index (κ1) is 27.0. The average Bonchev–Trinajstić information content (AvgIpc) is 2.63. The number of nitrogens with two attached hydrogens (primary N) is 1. The first-order valence-electron chi connectivity index (χ1n) is 10.5. The van der Waals surface area contributed by atoms with E-state index in [0.29, 0.717) is 0 Å². The molecule has 0 aromatic rings. The smallest absolute Gasteiger partial charge is 0.321 e. The van der Waals surface area contributed by atoms with Crippen molar-refractivity contribution in [3.8, 4) is 0 Å². The third-order valence-electron chi connectivity index (χ3n) is 4.60. The van der Waals surface area contributed by atoms with E-state index in [4.69, 9.17) is 15.9 Å². The summed E-state index contributed by atoms with van der Waals surface area (Å²) in [6, 6.07) is -1.03. The highest BCUT2D eigenvalue weighted by atomic mass is 32.2. The lowest BCUT2D eigenvalue weighted by Crippen LogP contribution is -2.34. The van der Waals surface area contributed by atoms with Gasteiger partial charge in [0.05, 0.1) is 12.5 Å². The van der Waals surface area contributed by atoms with E-state index in [1.54, 1.807) is 6.08 Å². The van der Waals surface area contributed by atoms with Crippen LogP contribution in [0.2, 0.25) is 0 Å². The highest BCUT2D eigenvalue weighted by molar-refractivity contribution is 8.00. The van der Waals surface area contributed by atoms with Crippen LogP contribution in [0.15, 0.2) is 12.2 Å². The predicted octanol–water partition coefficient (Wildman–Crippen LogP) is 4.20. The summed E-state index contributed by atoms with van der Waals surface area (Å²) in [6.45, 7) is 2.23. The van der Waals surface area contributed by atoms with Gasteiger partial charge in [-0.1, -0.05) is 76.9 Å². The molecule has 5 N–H and O–H groups in total.